The van der Waals surface area contributed by atoms with Crippen LogP contribution in [-0.4, -0.2) is 45.6 Å². The van der Waals surface area contributed by atoms with Gasteiger partial charge < -0.3 is 15.1 Å². The van der Waals surface area contributed by atoms with Crippen molar-refractivity contribution in [2.75, 3.05) is 18.1 Å². The summed E-state index contributed by atoms with van der Waals surface area (Å²) in [6.45, 7) is 0.733. The molecule has 1 atom stereocenters. The first-order valence-electron chi connectivity index (χ1n) is 7.08. The Morgan fingerprint density at radius 3 is 2.86 bits per heavy atom. The summed E-state index contributed by atoms with van der Waals surface area (Å²) in [7, 11) is 0. The Labute approximate surface area is 122 Å². The second kappa shape index (κ2) is 5.65. The van der Waals surface area contributed by atoms with Crippen LogP contribution in [0.25, 0.3) is 10.9 Å². The molecule has 1 aromatic heterocycles. The second-order valence-corrected chi connectivity index (χ2v) is 5.25. The average molecular weight is 287 g/mol. The van der Waals surface area contributed by atoms with Crippen molar-refractivity contribution in [2.45, 2.75) is 25.3 Å². The third-order valence-electron chi connectivity index (χ3n) is 3.97. The first-order chi connectivity index (χ1) is 10.2. The topological polar surface area (TPSA) is 86.5 Å². The van der Waals surface area contributed by atoms with E-state index in [-0.39, 0.29) is 18.3 Å². The lowest BCUT2D eigenvalue weighted by Crippen LogP contribution is -2.43. The fraction of sp³-hybridized carbons (Fsp3) is 0.400. The summed E-state index contributed by atoms with van der Waals surface area (Å²) < 4.78 is 0. The molecule has 0 aliphatic carbocycles. The highest BCUT2D eigenvalue weighted by molar-refractivity contribution is 6.02. The number of anilines is 1. The molecule has 0 bridgehead atoms. The molecule has 1 fully saturated rings. The number of hydrogen-bond donors (Lipinski definition) is 2. The number of carbonyl (C=O) groups is 1. The number of aromatic carboxylic acids is 1. The molecular formula is C15H17N3O3. The molecule has 1 unspecified atom stereocenters. The summed E-state index contributed by atoms with van der Waals surface area (Å²) >= 11 is 0. The summed E-state index contributed by atoms with van der Waals surface area (Å²) in [5.41, 5.74) is 1.20. The van der Waals surface area contributed by atoms with Crippen molar-refractivity contribution < 1.29 is 15.0 Å². The van der Waals surface area contributed by atoms with E-state index in [1.54, 1.807) is 0 Å². The van der Waals surface area contributed by atoms with Crippen LogP contribution in [0.4, 0.5) is 5.69 Å². The number of aliphatic hydroxyl groups is 1. The maximum atomic E-state index is 11.5. The fourth-order valence-corrected chi connectivity index (χ4v) is 2.96. The molecule has 2 heterocycles. The van der Waals surface area contributed by atoms with Gasteiger partial charge in [-0.25, -0.2) is 4.79 Å². The van der Waals surface area contributed by atoms with Gasteiger partial charge in [0.15, 0.2) is 5.69 Å². The number of aromatic nitrogens is 2. The minimum absolute atomic E-state index is 0.00963. The van der Waals surface area contributed by atoms with E-state index in [1.807, 2.05) is 29.2 Å². The predicted octanol–water partition coefficient (Wildman–Crippen LogP) is 1.68. The van der Waals surface area contributed by atoms with Gasteiger partial charge in [0, 0.05) is 11.9 Å². The molecule has 1 aliphatic rings. The Balaban J connectivity index is 2.22. The molecule has 3 rings (SSSR count). The highest BCUT2D eigenvalue weighted by atomic mass is 16.4. The molecule has 110 valence electrons. The summed E-state index contributed by atoms with van der Waals surface area (Å²) in [5, 5.41) is 27.7. The molecule has 2 aromatic rings. The minimum atomic E-state index is -1.09. The Kier molecular flexibility index (Phi) is 3.70. The number of carboxylic acids is 1. The SMILES string of the molecule is O=C(O)c1nnc2ccccc2c1N1CCCCC1CO. The molecule has 6 heteroatoms. The van der Waals surface area contributed by atoms with Crippen LogP contribution in [-0.2, 0) is 0 Å². The number of hydrogen-bond acceptors (Lipinski definition) is 5. The Hall–Kier alpha value is -2.21. The van der Waals surface area contributed by atoms with E-state index in [0.29, 0.717) is 11.2 Å². The van der Waals surface area contributed by atoms with Gasteiger partial charge >= 0.3 is 5.97 Å². The summed E-state index contributed by atoms with van der Waals surface area (Å²) in [6, 6.07) is 7.31. The Morgan fingerprint density at radius 1 is 1.29 bits per heavy atom. The van der Waals surface area contributed by atoms with Gasteiger partial charge in [-0.15, -0.1) is 10.2 Å². The number of aliphatic hydroxyl groups excluding tert-OH is 1. The Morgan fingerprint density at radius 2 is 2.10 bits per heavy atom. The quantitative estimate of drug-likeness (QED) is 0.893. The van der Waals surface area contributed by atoms with E-state index in [1.165, 1.54) is 0 Å². The molecule has 6 nitrogen and oxygen atoms in total. The maximum Gasteiger partial charge on any atom is 0.358 e. The zero-order chi connectivity index (χ0) is 14.8. The molecule has 1 aromatic carbocycles. The average Bonchev–Trinajstić information content (AvgIpc) is 2.53. The lowest BCUT2D eigenvalue weighted by Gasteiger charge is -2.37. The number of benzene rings is 1. The van der Waals surface area contributed by atoms with Crippen molar-refractivity contribution in [1.82, 2.24) is 10.2 Å². The molecule has 0 spiro atoms. The van der Waals surface area contributed by atoms with Crippen molar-refractivity contribution >= 4 is 22.6 Å². The van der Waals surface area contributed by atoms with E-state index >= 15 is 0 Å². The van der Waals surface area contributed by atoms with Crippen molar-refractivity contribution in [2.24, 2.45) is 0 Å². The van der Waals surface area contributed by atoms with Gasteiger partial charge in [0.05, 0.1) is 23.9 Å². The number of carboxylic acid groups (broad SMARTS) is 1. The van der Waals surface area contributed by atoms with Gasteiger partial charge in [-0.2, -0.15) is 0 Å². The van der Waals surface area contributed by atoms with Crippen LogP contribution < -0.4 is 4.90 Å². The summed E-state index contributed by atoms with van der Waals surface area (Å²) in [4.78, 5) is 13.5. The van der Waals surface area contributed by atoms with Gasteiger partial charge in [-0.1, -0.05) is 18.2 Å². The summed E-state index contributed by atoms with van der Waals surface area (Å²) in [5.74, 6) is -1.09. The smallest absolute Gasteiger partial charge is 0.358 e. The zero-order valence-corrected chi connectivity index (χ0v) is 11.6. The van der Waals surface area contributed by atoms with Crippen molar-refractivity contribution in [1.29, 1.82) is 0 Å². The van der Waals surface area contributed by atoms with E-state index in [9.17, 15) is 15.0 Å². The normalized spacial score (nSPS) is 18.9. The molecule has 1 saturated heterocycles. The van der Waals surface area contributed by atoms with E-state index in [2.05, 4.69) is 10.2 Å². The highest BCUT2D eigenvalue weighted by Gasteiger charge is 2.28. The predicted molar refractivity (Wildman–Crippen MR) is 78.6 cm³/mol. The number of fused-ring (bicyclic) bond motifs is 1. The van der Waals surface area contributed by atoms with Crippen LogP contribution >= 0.6 is 0 Å². The van der Waals surface area contributed by atoms with Crippen LogP contribution in [0, 0.1) is 0 Å². The van der Waals surface area contributed by atoms with Crippen LogP contribution in [0.2, 0.25) is 0 Å². The third kappa shape index (κ3) is 2.42. The molecule has 21 heavy (non-hydrogen) atoms. The summed E-state index contributed by atoms with van der Waals surface area (Å²) in [6.07, 6.45) is 2.87. The highest BCUT2D eigenvalue weighted by Crippen LogP contribution is 2.32. The number of rotatable bonds is 3. The Bertz CT molecular complexity index is 674. The first kappa shape index (κ1) is 13.8. The zero-order valence-electron chi connectivity index (χ0n) is 11.6. The van der Waals surface area contributed by atoms with Gasteiger partial charge in [0.25, 0.3) is 0 Å². The van der Waals surface area contributed by atoms with Crippen LogP contribution in [0.15, 0.2) is 24.3 Å². The third-order valence-corrected chi connectivity index (χ3v) is 3.97. The van der Waals surface area contributed by atoms with Gasteiger partial charge in [0.2, 0.25) is 0 Å². The van der Waals surface area contributed by atoms with Crippen molar-refractivity contribution in [3.8, 4) is 0 Å². The van der Waals surface area contributed by atoms with Crippen molar-refractivity contribution in [3.05, 3.63) is 30.0 Å². The van der Waals surface area contributed by atoms with Gasteiger partial charge in [-0.3, -0.25) is 0 Å². The molecular weight excluding hydrogens is 270 g/mol. The van der Waals surface area contributed by atoms with Crippen LogP contribution in [0.1, 0.15) is 29.8 Å². The standard InChI is InChI=1S/C15H17N3O3/c19-9-10-5-3-4-8-18(10)14-11-6-1-2-7-12(11)16-17-13(14)15(20)21/h1-2,6-7,10,19H,3-5,8-9H2,(H,20,21). The number of piperidine rings is 1. The van der Waals surface area contributed by atoms with E-state index < -0.39 is 5.97 Å². The molecule has 0 amide bonds. The minimum Gasteiger partial charge on any atom is -0.476 e. The monoisotopic (exact) mass is 287 g/mol. The maximum absolute atomic E-state index is 11.5. The fourth-order valence-electron chi connectivity index (χ4n) is 2.96. The molecule has 1 aliphatic heterocycles. The lowest BCUT2D eigenvalue weighted by molar-refractivity contribution is 0.0689. The van der Waals surface area contributed by atoms with Crippen LogP contribution in [0.5, 0.6) is 0 Å². The van der Waals surface area contributed by atoms with E-state index in [0.717, 1.165) is 31.2 Å². The molecule has 2 N–H and O–H groups in total. The van der Waals surface area contributed by atoms with Gasteiger partial charge in [-0.05, 0) is 25.3 Å². The first-order valence-corrected chi connectivity index (χ1v) is 7.08. The van der Waals surface area contributed by atoms with E-state index in [4.69, 9.17) is 0 Å². The molecule has 0 radical (unpaired) electrons. The number of nitrogens with zero attached hydrogens (tertiary/aromatic N) is 3. The van der Waals surface area contributed by atoms with Crippen molar-refractivity contribution in [3.63, 3.8) is 0 Å². The van der Waals surface area contributed by atoms with Crippen LogP contribution in [0.3, 0.4) is 0 Å². The second-order valence-electron chi connectivity index (χ2n) is 5.25. The molecule has 0 saturated carbocycles. The largest absolute Gasteiger partial charge is 0.476 e. The lowest BCUT2D eigenvalue weighted by atomic mass is 10.00. The van der Waals surface area contributed by atoms with Gasteiger partial charge in [0.1, 0.15) is 0 Å².